The summed E-state index contributed by atoms with van der Waals surface area (Å²) in [5.41, 5.74) is 0.193. The number of benzene rings is 1. The zero-order valence-corrected chi connectivity index (χ0v) is 19.3. The van der Waals surface area contributed by atoms with Gasteiger partial charge in [-0.1, -0.05) is 44.2 Å². The number of rotatable bonds is 13. The summed E-state index contributed by atoms with van der Waals surface area (Å²) in [5, 5.41) is 10.8. The third-order valence-electron chi connectivity index (χ3n) is 5.02. The Morgan fingerprint density at radius 3 is 1.97 bits per heavy atom. The molecule has 0 heterocycles. The highest BCUT2D eigenvalue weighted by atomic mass is 16.7. The van der Waals surface area contributed by atoms with E-state index in [-0.39, 0.29) is 23.9 Å². The van der Waals surface area contributed by atoms with Gasteiger partial charge >= 0.3 is 0 Å². The Bertz CT molecular complexity index is 587. The Hall–Kier alpha value is -1.27. The number of carbonyl (C=O) groups is 1. The van der Waals surface area contributed by atoms with Gasteiger partial charge in [0.05, 0.1) is 36.9 Å². The van der Waals surface area contributed by atoms with Crippen molar-refractivity contribution in [2.24, 2.45) is 17.3 Å². The van der Waals surface area contributed by atoms with Gasteiger partial charge in [0.25, 0.3) is 0 Å². The van der Waals surface area contributed by atoms with Crippen LogP contribution < -0.4 is 0 Å². The average molecular weight is 409 g/mol. The molecule has 0 saturated carbocycles. The fraction of sp³-hybridized carbons (Fsp3) is 0.708. The summed E-state index contributed by atoms with van der Waals surface area (Å²) in [7, 11) is 0. The molecule has 3 atom stereocenters. The van der Waals surface area contributed by atoms with Crippen molar-refractivity contribution in [2.45, 2.75) is 86.6 Å². The fourth-order valence-electron chi connectivity index (χ4n) is 3.25. The van der Waals surface area contributed by atoms with Crippen LogP contribution in [0.5, 0.6) is 0 Å². The van der Waals surface area contributed by atoms with E-state index in [2.05, 4.69) is 0 Å². The fourth-order valence-corrected chi connectivity index (χ4v) is 3.25. The Kier molecular flexibility index (Phi) is 10.5. The summed E-state index contributed by atoms with van der Waals surface area (Å²) in [5.74, 6) is -0.815. The summed E-state index contributed by atoms with van der Waals surface area (Å²) in [4.78, 5) is 13.2. The van der Waals surface area contributed by atoms with Gasteiger partial charge in [0.15, 0.2) is 6.29 Å². The van der Waals surface area contributed by atoms with Gasteiger partial charge in [-0.05, 0) is 47.1 Å². The number of Topliss-reactive ketones (excluding diaryl/α,β-unsaturated/α-hetero) is 1. The van der Waals surface area contributed by atoms with E-state index in [0.29, 0.717) is 13.2 Å². The van der Waals surface area contributed by atoms with Crippen molar-refractivity contribution in [2.75, 3.05) is 6.61 Å². The first-order valence-electron chi connectivity index (χ1n) is 10.6. The number of ketones is 1. The molecular formula is C24H40O5. The molecule has 0 aliphatic carbocycles. The average Bonchev–Trinajstić information content (AvgIpc) is 2.65. The lowest BCUT2D eigenvalue weighted by Gasteiger charge is -2.38. The molecule has 0 radical (unpaired) electrons. The van der Waals surface area contributed by atoms with Crippen molar-refractivity contribution in [3.8, 4) is 0 Å². The normalized spacial score (nSPS) is 15.7. The van der Waals surface area contributed by atoms with Gasteiger partial charge < -0.3 is 19.3 Å². The lowest BCUT2D eigenvalue weighted by Crippen LogP contribution is -2.48. The van der Waals surface area contributed by atoms with Gasteiger partial charge in [-0.25, -0.2) is 0 Å². The maximum Gasteiger partial charge on any atom is 0.170 e. The summed E-state index contributed by atoms with van der Waals surface area (Å²) >= 11 is 0. The number of aliphatic hydroxyl groups is 1. The molecule has 5 nitrogen and oxygen atoms in total. The second-order valence-corrected chi connectivity index (χ2v) is 9.04. The first kappa shape index (κ1) is 25.8. The predicted octanol–water partition coefficient (Wildman–Crippen LogP) is 4.61. The van der Waals surface area contributed by atoms with Crippen LogP contribution in [-0.4, -0.2) is 42.1 Å². The zero-order chi connectivity index (χ0) is 22.2. The minimum Gasteiger partial charge on any atom is -0.392 e. The molecule has 0 saturated heterocycles. The summed E-state index contributed by atoms with van der Waals surface area (Å²) in [6, 6.07) is 9.90. The highest BCUT2D eigenvalue weighted by Gasteiger charge is 2.44. The number of ether oxygens (including phenoxy) is 3. The number of hydrogen-bond acceptors (Lipinski definition) is 5. The molecule has 29 heavy (non-hydrogen) atoms. The summed E-state index contributed by atoms with van der Waals surface area (Å²) in [6.07, 6.45) is -1.63. The largest absolute Gasteiger partial charge is 0.392 e. The first-order chi connectivity index (χ1) is 13.5. The molecule has 0 aromatic heterocycles. The standard InChI is InChI=1S/C24H40O5/c1-16(2)28-23(29-17(3)4)24(7,8)22(26)19(6)21(25)18(5)14-27-15-20-12-10-9-11-13-20/h9-13,16-19,21,23,25H,14-15H2,1-8H3/t18-,19?,21?/m0/s1. The van der Waals surface area contributed by atoms with Crippen molar-refractivity contribution >= 4 is 5.78 Å². The van der Waals surface area contributed by atoms with E-state index in [0.717, 1.165) is 5.56 Å². The molecule has 0 aliphatic rings. The number of aliphatic hydroxyl groups excluding tert-OH is 1. The molecule has 1 aromatic rings. The van der Waals surface area contributed by atoms with Gasteiger partial charge in [-0.2, -0.15) is 0 Å². The van der Waals surface area contributed by atoms with Crippen LogP contribution in [0.4, 0.5) is 0 Å². The van der Waals surface area contributed by atoms with Crippen molar-refractivity contribution in [1.29, 1.82) is 0 Å². The third-order valence-corrected chi connectivity index (χ3v) is 5.02. The molecule has 0 spiro atoms. The van der Waals surface area contributed by atoms with Crippen LogP contribution in [0.1, 0.15) is 61.0 Å². The van der Waals surface area contributed by atoms with Crippen LogP contribution in [0.2, 0.25) is 0 Å². The molecule has 0 aliphatic heterocycles. The molecule has 2 unspecified atom stereocenters. The lowest BCUT2D eigenvalue weighted by atomic mass is 9.77. The van der Waals surface area contributed by atoms with E-state index in [1.807, 2.05) is 78.8 Å². The quantitative estimate of drug-likeness (QED) is 0.483. The van der Waals surface area contributed by atoms with Gasteiger partial charge in [0, 0.05) is 11.8 Å². The SMILES string of the molecule is CC(C)OC(OC(C)C)C(C)(C)C(=O)C(C)C(O)[C@@H](C)COCc1ccccc1. The maximum absolute atomic E-state index is 13.2. The Balaban J connectivity index is 2.71. The van der Waals surface area contributed by atoms with Crippen LogP contribution in [0.25, 0.3) is 0 Å². The third kappa shape index (κ3) is 8.17. The van der Waals surface area contributed by atoms with E-state index < -0.39 is 23.7 Å². The Morgan fingerprint density at radius 1 is 0.966 bits per heavy atom. The Labute approximate surface area is 176 Å². The number of hydrogen-bond donors (Lipinski definition) is 1. The van der Waals surface area contributed by atoms with E-state index in [1.165, 1.54) is 0 Å². The lowest BCUT2D eigenvalue weighted by molar-refractivity contribution is -0.229. The summed E-state index contributed by atoms with van der Waals surface area (Å²) < 4.78 is 17.6. The van der Waals surface area contributed by atoms with Crippen LogP contribution in [0.15, 0.2) is 30.3 Å². The molecule has 0 fully saturated rings. The van der Waals surface area contributed by atoms with Crippen LogP contribution in [0.3, 0.4) is 0 Å². The van der Waals surface area contributed by atoms with Gasteiger partial charge in [0.1, 0.15) is 5.78 Å². The van der Waals surface area contributed by atoms with E-state index in [4.69, 9.17) is 14.2 Å². The second-order valence-electron chi connectivity index (χ2n) is 9.04. The van der Waals surface area contributed by atoms with Crippen LogP contribution in [0, 0.1) is 17.3 Å². The second kappa shape index (κ2) is 11.8. The smallest absolute Gasteiger partial charge is 0.170 e. The van der Waals surface area contributed by atoms with Gasteiger partial charge in [-0.15, -0.1) is 0 Å². The molecular weight excluding hydrogens is 368 g/mol. The van der Waals surface area contributed by atoms with E-state index in [9.17, 15) is 9.90 Å². The first-order valence-corrected chi connectivity index (χ1v) is 10.6. The molecule has 166 valence electrons. The predicted molar refractivity (Wildman–Crippen MR) is 115 cm³/mol. The number of carbonyl (C=O) groups excluding carboxylic acids is 1. The molecule has 0 amide bonds. The topological polar surface area (TPSA) is 65.0 Å². The Morgan fingerprint density at radius 2 is 1.48 bits per heavy atom. The van der Waals surface area contributed by atoms with E-state index in [1.54, 1.807) is 6.92 Å². The van der Waals surface area contributed by atoms with E-state index >= 15 is 0 Å². The molecule has 1 aromatic carbocycles. The molecule has 0 bridgehead atoms. The molecule has 1 rings (SSSR count). The monoisotopic (exact) mass is 408 g/mol. The van der Waals surface area contributed by atoms with Crippen LogP contribution >= 0.6 is 0 Å². The van der Waals surface area contributed by atoms with Crippen molar-refractivity contribution < 1.29 is 24.1 Å². The highest BCUT2D eigenvalue weighted by molar-refractivity contribution is 5.87. The van der Waals surface area contributed by atoms with Crippen LogP contribution in [-0.2, 0) is 25.6 Å². The minimum absolute atomic E-state index is 0.0728. The van der Waals surface area contributed by atoms with Crippen molar-refractivity contribution in [1.82, 2.24) is 0 Å². The van der Waals surface area contributed by atoms with Crippen molar-refractivity contribution in [3.05, 3.63) is 35.9 Å². The highest BCUT2D eigenvalue weighted by Crippen LogP contribution is 2.33. The van der Waals surface area contributed by atoms with Crippen molar-refractivity contribution in [3.63, 3.8) is 0 Å². The molecule has 5 heteroatoms. The zero-order valence-electron chi connectivity index (χ0n) is 19.3. The molecule has 1 N–H and O–H groups in total. The minimum atomic E-state index is -0.889. The summed E-state index contributed by atoms with van der Waals surface area (Å²) in [6.45, 7) is 15.9. The maximum atomic E-state index is 13.2. The van der Waals surface area contributed by atoms with Gasteiger partial charge in [0.2, 0.25) is 0 Å². The van der Waals surface area contributed by atoms with Gasteiger partial charge in [-0.3, -0.25) is 4.79 Å².